The second-order valence-electron chi connectivity index (χ2n) is 6.73. The lowest BCUT2D eigenvalue weighted by molar-refractivity contribution is -0.118. The van der Waals surface area contributed by atoms with Crippen LogP contribution in [0, 0.1) is 6.92 Å². The highest BCUT2D eigenvalue weighted by molar-refractivity contribution is 9.10. The van der Waals surface area contributed by atoms with Gasteiger partial charge in [-0.05, 0) is 83.2 Å². The van der Waals surface area contributed by atoms with Crippen LogP contribution in [0.4, 0.5) is 5.69 Å². The number of anilines is 1. The summed E-state index contributed by atoms with van der Waals surface area (Å²) in [4.78, 5) is 12.1. The molecule has 4 nitrogen and oxygen atoms in total. The van der Waals surface area contributed by atoms with E-state index in [0.29, 0.717) is 18.0 Å². The van der Waals surface area contributed by atoms with Crippen LogP contribution < -0.4 is 14.8 Å². The van der Waals surface area contributed by atoms with E-state index in [2.05, 4.69) is 33.4 Å². The number of hydrogen-bond donors (Lipinski definition) is 1. The van der Waals surface area contributed by atoms with Crippen molar-refractivity contribution in [3.8, 4) is 11.5 Å². The lowest BCUT2D eigenvalue weighted by Gasteiger charge is -2.10. The fourth-order valence-electron chi connectivity index (χ4n) is 2.81. The molecule has 0 saturated heterocycles. The molecule has 1 N–H and O–H groups in total. The molecule has 0 unspecified atom stereocenters. The summed E-state index contributed by atoms with van der Waals surface area (Å²) in [5.41, 5.74) is 3.14. The van der Waals surface area contributed by atoms with Gasteiger partial charge in [0, 0.05) is 5.69 Å². The van der Waals surface area contributed by atoms with Crippen molar-refractivity contribution >= 4 is 27.5 Å². The average Bonchev–Trinajstić information content (AvgIpc) is 2.72. The second kappa shape index (κ2) is 10.7. The van der Waals surface area contributed by atoms with Crippen LogP contribution in [0.1, 0.15) is 17.5 Å². The van der Waals surface area contributed by atoms with E-state index in [1.807, 2.05) is 67.6 Å². The summed E-state index contributed by atoms with van der Waals surface area (Å²) in [6, 6.07) is 23.5. The number of ether oxygens (including phenoxy) is 2. The quantitative estimate of drug-likeness (QED) is 0.417. The van der Waals surface area contributed by atoms with Crippen molar-refractivity contribution < 1.29 is 14.3 Å². The minimum Gasteiger partial charge on any atom is -0.494 e. The SMILES string of the molecule is Cc1ccc(OCC(=O)Nc2ccc(OCCCc3ccccc3)cc2)c(Br)c1. The number of carbonyl (C=O) groups is 1. The zero-order chi connectivity index (χ0) is 20.5. The number of halogens is 1. The fraction of sp³-hybridized carbons (Fsp3) is 0.208. The van der Waals surface area contributed by atoms with Gasteiger partial charge in [-0.15, -0.1) is 0 Å². The van der Waals surface area contributed by atoms with Crippen molar-refractivity contribution in [1.29, 1.82) is 0 Å². The molecule has 0 spiro atoms. The molecule has 3 aromatic carbocycles. The number of benzene rings is 3. The van der Waals surface area contributed by atoms with Gasteiger partial charge < -0.3 is 14.8 Å². The lowest BCUT2D eigenvalue weighted by atomic mass is 10.1. The predicted octanol–water partition coefficient (Wildman–Crippen LogP) is 5.79. The van der Waals surface area contributed by atoms with Crippen molar-refractivity contribution in [3.05, 3.63) is 88.4 Å². The van der Waals surface area contributed by atoms with Crippen molar-refractivity contribution in [2.45, 2.75) is 19.8 Å². The first kappa shape index (κ1) is 20.9. The van der Waals surface area contributed by atoms with Gasteiger partial charge in [-0.2, -0.15) is 0 Å². The normalized spacial score (nSPS) is 10.4. The highest BCUT2D eigenvalue weighted by Gasteiger charge is 2.07. The van der Waals surface area contributed by atoms with Crippen LogP contribution >= 0.6 is 15.9 Å². The van der Waals surface area contributed by atoms with Crippen LogP contribution in [0.15, 0.2) is 77.3 Å². The van der Waals surface area contributed by atoms with Crippen molar-refractivity contribution in [1.82, 2.24) is 0 Å². The molecule has 3 aromatic rings. The van der Waals surface area contributed by atoms with E-state index < -0.39 is 0 Å². The molecule has 5 heteroatoms. The van der Waals surface area contributed by atoms with Crippen LogP contribution in [0.3, 0.4) is 0 Å². The molecule has 0 fully saturated rings. The Hall–Kier alpha value is -2.79. The van der Waals surface area contributed by atoms with Crippen LogP contribution in [-0.4, -0.2) is 19.1 Å². The molecule has 0 radical (unpaired) electrons. The molecule has 0 aliphatic rings. The van der Waals surface area contributed by atoms with E-state index in [1.54, 1.807) is 0 Å². The maximum Gasteiger partial charge on any atom is 0.262 e. The molecule has 0 atom stereocenters. The van der Waals surface area contributed by atoms with Gasteiger partial charge in [0.2, 0.25) is 0 Å². The first-order valence-corrected chi connectivity index (χ1v) is 10.3. The van der Waals surface area contributed by atoms with Crippen molar-refractivity contribution in [2.75, 3.05) is 18.5 Å². The van der Waals surface area contributed by atoms with Gasteiger partial charge in [-0.25, -0.2) is 0 Å². The number of amides is 1. The Morgan fingerprint density at radius 2 is 1.72 bits per heavy atom. The molecule has 0 aliphatic heterocycles. The van der Waals surface area contributed by atoms with Crippen LogP contribution in [0.5, 0.6) is 11.5 Å². The molecule has 0 heterocycles. The van der Waals surface area contributed by atoms with Crippen LogP contribution in [-0.2, 0) is 11.2 Å². The van der Waals surface area contributed by atoms with Gasteiger partial charge in [0.25, 0.3) is 5.91 Å². The number of carbonyl (C=O) groups excluding carboxylic acids is 1. The van der Waals surface area contributed by atoms with Gasteiger partial charge >= 0.3 is 0 Å². The third-order valence-electron chi connectivity index (χ3n) is 4.31. The molecular formula is C24H24BrNO3. The Bertz CT molecular complexity index is 927. The van der Waals surface area contributed by atoms with Gasteiger partial charge in [0.05, 0.1) is 11.1 Å². The Morgan fingerprint density at radius 1 is 0.966 bits per heavy atom. The van der Waals surface area contributed by atoms with Gasteiger partial charge in [-0.1, -0.05) is 36.4 Å². The maximum absolute atomic E-state index is 12.1. The molecule has 150 valence electrons. The highest BCUT2D eigenvalue weighted by Crippen LogP contribution is 2.25. The van der Waals surface area contributed by atoms with Crippen LogP contribution in [0.25, 0.3) is 0 Å². The smallest absolute Gasteiger partial charge is 0.262 e. The molecule has 0 bridgehead atoms. The summed E-state index contributed by atoms with van der Waals surface area (Å²) in [7, 11) is 0. The summed E-state index contributed by atoms with van der Waals surface area (Å²) in [5, 5.41) is 2.82. The van der Waals surface area contributed by atoms with E-state index in [0.717, 1.165) is 28.6 Å². The Morgan fingerprint density at radius 3 is 2.45 bits per heavy atom. The third-order valence-corrected chi connectivity index (χ3v) is 4.93. The maximum atomic E-state index is 12.1. The summed E-state index contributed by atoms with van der Waals surface area (Å²) in [6.45, 7) is 2.59. The molecule has 1 amide bonds. The fourth-order valence-corrected chi connectivity index (χ4v) is 3.42. The topological polar surface area (TPSA) is 47.6 Å². The van der Waals surface area contributed by atoms with Gasteiger partial charge in [0.15, 0.2) is 6.61 Å². The van der Waals surface area contributed by atoms with Gasteiger partial charge in [0.1, 0.15) is 11.5 Å². The van der Waals surface area contributed by atoms with Crippen molar-refractivity contribution in [3.63, 3.8) is 0 Å². The van der Waals surface area contributed by atoms with Crippen molar-refractivity contribution in [2.24, 2.45) is 0 Å². The molecular weight excluding hydrogens is 430 g/mol. The third kappa shape index (κ3) is 6.95. The summed E-state index contributed by atoms with van der Waals surface area (Å²) >= 11 is 3.44. The number of rotatable bonds is 9. The Labute approximate surface area is 180 Å². The zero-order valence-electron chi connectivity index (χ0n) is 16.4. The zero-order valence-corrected chi connectivity index (χ0v) is 17.9. The largest absolute Gasteiger partial charge is 0.494 e. The Kier molecular flexibility index (Phi) is 7.70. The molecule has 29 heavy (non-hydrogen) atoms. The average molecular weight is 454 g/mol. The summed E-state index contributed by atoms with van der Waals surface area (Å²) in [5.74, 6) is 1.22. The molecule has 0 saturated carbocycles. The van der Waals surface area contributed by atoms with E-state index in [9.17, 15) is 4.79 Å². The van der Waals surface area contributed by atoms with E-state index >= 15 is 0 Å². The van der Waals surface area contributed by atoms with E-state index in [-0.39, 0.29) is 12.5 Å². The van der Waals surface area contributed by atoms with Crippen LogP contribution in [0.2, 0.25) is 0 Å². The van der Waals surface area contributed by atoms with E-state index in [1.165, 1.54) is 5.56 Å². The lowest BCUT2D eigenvalue weighted by Crippen LogP contribution is -2.20. The molecule has 0 aromatic heterocycles. The number of aryl methyl sites for hydroxylation is 2. The first-order chi connectivity index (χ1) is 14.1. The summed E-state index contributed by atoms with van der Waals surface area (Å²) < 4.78 is 12.2. The summed E-state index contributed by atoms with van der Waals surface area (Å²) in [6.07, 6.45) is 1.94. The first-order valence-electron chi connectivity index (χ1n) is 9.56. The van der Waals surface area contributed by atoms with Gasteiger partial charge in [-0.3, -0.25) is 4.79 Å². The predicted molar refractivity (Wildman–Crippen MR) is 120 cm³/mol. The minimum atomic E-state index is -0.214. The standard InChI is InChI=1S/C24H24BrNO3/c1-18-9-14-23(22(25)16-18)29-17-24(27)26-20-10-12-21(13-11-20)28-15-5-8-19-6-3-2-4-7-19/h2-4,6-7,9-14,16H,5,8,15,17H2,1H3,(H,26,27). The molecule has 0 aliphatic carbocycles. The second-order valence-corrected chi connectivity index (χ2v) is 7.59. The number of hydrogen-bond acceptors (Lipinski definition) is 3. The molecule has 3 rings (SSSR count). The Balaban J connectivity index is 1.39. The minimum absolute atomic E-state index is 0.0562. The highest BCUT2D eigenvalue weighted by atomic mass is 79.9. The number of nitrogens with one attached hydrogen (secondary N) is 1. The van der Waals surface area contributed by atoms with E-state index in [4.69, 9.17) is 9.47 Å². The monoisotopic (exact) mass is 453 g/mol.